The molecule has 1 N–H and O–H groups in total. The number of hydrogen-bond acceptors (Lipinski definition) is 3. The molecule has 98 valence electrons. The molecular weight excluding hydrogens is 240 g/mol. The van der Waals surface area contributed by atoms with E-state index in [4.69, 9.17) is 0 Å². The van der Waals surface area contributed by atoms with Gasteiger partial charge in [0, 0.05) is 24.7 Å². The van der Waals surface area contributed by atoms with Gasteiger partial charge in [-0.05, 0) is 18.1 Å². The Morgan fingerprint density at radius 2 is 1.74 bits per heavy atom. The zero-order chi connectivity index (χ0) is 13.7. The highest BCUT2D eigenvalue weighted by atomic mass is 16.6. The van der Waals surface area contributed by atoms with Crippen LogP contribution in [-0.4, -0.2) is 4.92 Å². The van der Waals surface area contributed by atoms with E-state index in [2.05, 4.69) is 24.4 Å². The summed E-state index contributed by atoms with van der Waals surface area (Å²) in [5, 5.41) is 13.9. The molecule has 0 amide bonds. The van der Waals surface area contributed by atoms with Crippen molar-refractivity contribution >= 4 is 5.69 Å². The first-order chi connectivity index (χ1) is 9.16. The number of hydrogen-bond donors (Lipinski definition) is 1. The lowest BCUT2D eigenvalue weighted by molar-refractivity contribution is -0.384. The van der Waals surface area contributed by atoms with Crippen LogP contribution >= 0.6 is 0 Å². The Morgan fingerprint density at radius 3 is 2.32 bits per heavy atom. The van der Waals surface area contributed by atoms with Crippen LogP contribution in [0.5, 0.6) is 0 Å². The molecule has 4 heteroatoms. The smallest absolute Gasteiger partial charge is 0.269 e. The maximum absolute atomic E-state index is 10.6. The summed E-state index contributed by atoms with van der Waals surface area (Å²) in [5.74, 6) is 0. The highest BCUT2D eigenvalue weighted by Gasteiger charge is 2.06. The monoisotopic (exact) mass is 256 g/mol. The molecular formula is C15H16N2O2. The summed E-state index contributed by atoms with van der Waals surface area (Å²) in [6.45, 7) is 2.79. The Balaban J connectivity index is 1.93. The summed E-state index contributed by atoms with van der Waals surface area (Å²) in [6, 6.07) is 17.0. The molecule has 0 unspecified atom stereocenters. The van der Waals surface area contributed by atoms with Crippen molar-refractivity contribution in [2.24, 2.45) is 0 Å². The van der Waals surface area contributed by atoms with Gasteiger partial charge in [-0.25, -0.2) is 0 Å². The summed E-state index contributed by atoms with van der Waals surface area (Å²) in [5.41, 5.74) is 2.39. The van der Waals surface area contributed by atoms with Gasteiger partial charge in [-0.15, -0.1) is 0 Å². The Morgan fingerprint density at radius 1 is 1.11 bits per heavy atom. The van der Waals surface area contributed by atoms with Crippen molar-refractivity contribution in [1.82, 2.24) is 5.32 Å². The SMILES string of the molecule is C[C@@H](NCc1ccc([N+](=O)[O-])cc1)c1ccccc1. The van der Waals surface area contributed by atoms with Gasteiger partial charge in [0.05, 0.1) is 4.92 Å². The lowest BCUT2D eigenvalue weighted by Crippen LogP contribution is -2.17. The Kier molecular flexibility index (Phi) is 4.26. The Hall–Kier alpha value is -2.20. The normalized spacial score (nSPS) is 12.1. The first kappa shape index (κ1) is 13.2. The van der Waals surface area contributed by atoms with Crippen molar-refractivity contribution < 1.29 is 4.92 Å². The average Bonchev–Trinajstić information content (AvgIpc) is 2.46. The third kappa shape index (κ3) is 3.63. The maximum Gasteiger partial charge on any atom is 0.269 e. The average molecular weight is 256 g/mol. The largest absolute Gasteiger partial charge is 0.306 e. The van der Waals surface area contributed by atoms with Crippen molar-refractivity contribution in [2.75, 3.05) is 0 Å². The molecule has 1 atom stereocenters. The second-order valence-electron chi connectivity index (χ2n) is 4.44. The van der Waals surface area contributed by atoms with Gasteiger partial charge < -0.3 is 5.32 Å². The number of nitrogens with zero attached hydrogens (tertiary/aromatic N) is 1. The number of nitro groups is 1. The third-order valence-corrected chi connectivity index (χ3v) is 3.06. The summed E-state index contributed by atoms with van der Waals surface area (Å²) >= 11 is 0. The van der Waals surface area contributed by atoms with Crippen LogP contribution in [0.4, 0.5) is 5.69 Å². The molecule has 19 heavy (non-hydrogen) atoms. The first-order valence-electron chi connectivity index (χ1n) is 6.18. The van der Waals surface area contributed by atoms with Crippen LogP contribution in [0.15, 0.2) is 54.6 Å². The summed E-state index contributed by atoms with van der Waals surface area (Å²) < 4.78 is 0. The number of non-ortho nitro benzene ring substituents is 1. The van der Waals surface area contributed by atoms with Gasteiger partial charge in [0.1, 0.15) is 0 Å². The van der Waals surface area contributed by atoms with Crippen LogP contribution in [0.2, 0.25) is 0 Å². The van der Waals surface area contributed by atoms with Gasteiger partial charge in [-0.3, -0.25) is 10.1 Å². The topological polar surface area (TPSA) is 55.2 Å². The zero-order valence-electron chi connectivity index (χ0n) is 10.7. The fourth-order valence-electron chi connectivity index (χ4n) is 1.87. The van der Waals surface area contributed by atoms with E-state index >= 15 is 0 Å². The van der Waals surface area contributed by atoms with Crippen molar-refractivity contribution in [2.45, 2.75) is 19.5 Å². The van der Waals surface area contributed by atoms with E-state index in [-0.39, 0.29) is 16.7 Å². The summed E-state index contributed by atoms with van der Waals surface area (Å²) in [7, 11) is 0. The fraction of sp³-hybridized carbons (Fsp3) is 0.200. The van der Waals surface area contributed by atoms with Gasteiger partial charge in [0.15, 0.2) is 0 Å². The second kappa shape index (κ2) is 6.11. The minimum Gasteiger partial charge on any atom is -0.306 e. The van der Waals surface area contributed by atoms with Crippen molar-refractivity contribution in [1.29, 1.82) is 0 Å². The number of rotatable bonds is 5. The molecule has 0 heterocycles. The van der Waals surface area contributed by atoms with Gasteiger partial charge in [0.2, 0.25) is 0 Å². The van der Waals surface area contributed by atoms with E-state index in [1.54, 1.807) is 12.1 Å². The maximum atomic E-state index is 10.6. The van der Waals surface area contributed by atoms with Gasteiger partial charge in [-0.1, -0.05) is 42.5 Å². The second-order valence-corrected chi connectivity index (χ2v) is 4.44. The van der Waals surface area contributed by atoms with Crippen molar-refractivity contribution in [3.8, 4) is 0 Å². The van der Waals surface area contributed by atoms with Crippen LogP contribution in [-0.2, 0) is 6.54 Å². The van der Waals surface area contributed by atoms with Gasteiger partial charge in [0.25, 0.3) is 5.69 Å². The zero-order valence-corrected chi connectivity index (χ0v) is 10.7. The molecule has 2 aromatic carbocycles. The molecule has 2 aromatic rings. The van der Waals surface area contributed by atoms with E-state index in [1.807, 2.05) is 18.2 Å². The lowest BCUT2D eigenvalue weighted by Gasteiger charge is -2.14. The standard InChI is InChI=1S/C15H16N2O2/c1-12(14-5-3-2-4-6-14)16-11-13-7-9-15(10-8-13)17(18)19/h2-10,12,16H,11H2,1H3/t12-/m1/s1. The van der Waals surface area contributed by atoms with Crippen molar-refractivity contribution in [3.05, 3.63) is 75.8 Å². The molecule has 4 nitrogen and oxygen atoms in total. The fourth-order valence-corrected chi connectivity index (χ4v) is 1.87. The Labute approximate surface area is 112 Å². The van der Waals surface area contributed by atoms with E-state index in [9.17, 15) is 10.1 Å². The van der Waals surface area contributed by atoms with E-state index < -0.39 is 0 Å². The molecule has 2 rings (SSSR count). The summed E-state index contributed by atoms with van der Waals surface area (Å²) in [4.78, 5) is 10.2. The first-order valence-corrected chi connectivity index (χ1v) is 6.18. The number of nitro benzene ring substituents is 1. The molecule has 0 saturated heterocycles. The molecule has 0 fully saturated rings. The number of nitrogens with one attached hydrogen (secondary N) is 1. The predicted molar refractivity (Wildman–Crippen MR) is 74.8 cm³/mol. The Bertz CT molecular complexity index is 538. The van der Waals surface area contributed by atoms with Crippen LogP contribution < -0.4 is 5.32 Å². The van der Waals surface area contributed by atoms with E-state index in [0.717, 1.165) is 5.56 Å². The minimum atomic E-state index is -0.385. The molecule has 0 aliphatic heterocycles. The van der Waals surface area contributed by atoms with Crippen LogP contribution in [0, 0.1) is 10.1 Å². The molecule has 0 saturated carbocycles. The highest BCUT2D eigenvalue weighted by Crippen LogP contribution is 2.14. The van der Waals surface area contributed by atoms with Crippen LogP contribution in [0.3, 0.4) is 0 Å². The van der Waals surface area contributed by atoms with E-state index in [1.165, 1.54) is 17.7 Å². The molecule has 0 radical (unpaired) electrons. The molecule has 0 bridgehead atoms. The molecule has 0 aromatic heterocycles. The lowest BCUT2D eigenvalue weighted by atomic mass is 10.1. The molecule has 0 aliphatic rings. The van der Waals surface area contributed by atoms with Gasteiger partial charge >= 0.3 is 0 Å². The van der Waals surface area contributed by atoms with Crippen molar-refractivity contribution in [3.63, 3.8) is 0 Å². The molecule has 0 aliphatic carbocycles. The summed E-state index contributed by atoms with van der Waals surface area (Å²) in [6.07, 6.45) is 0. The minimum absolute atomic E-state index is 0.125. The van der Waals surface area contributed by atoms with Gasteiger partial charge in [-0.2, -0.15) is 0 Å². The van der Waals surface area contributed by atoms with Crippen LogP contribution in [0.1, 0.15) is 24.1 Å². The highest BCUT2D eigenvalue weighted by molar-refractivity contribution is 5.32. The van der Waals surface area contributed by atoms with E-state index in [0.29, 0.717) is 6.54 Å². The third-order valence-electron chi connectivity index (χ3n) is 3.06. The number of benzene rings is 2. The predicted octanol–water partition coefficient (Wildman–Crippen LogP) is 3.45. The quantitative estimate of drug-likeness (QED) is 0.658. The molecule has 0 spiro atoms. The van der Waals surface area contributed by atoms with Crippen LogP contribution in [0.25, 0.3) is 0 Å².